The fourth-order valence-corrected chi connectivity index (χ4v) is 2.53. The lowest BCUT2D eigenvalue weighted by Gasteiger charge is -2.21. The Morgan fingerprint density at radius 2 is 2.05 bits per heavy atom. The molecule has 1 aromatic carbocycles. The molecule has 1 N–H and O–H groups in total. The number of nitrogens with one attached hydrogen (secondary N) is 1. The third-order valence-electron chi connectivity index (χ3n) is 4.05. The van der Waals surface area contributed by atoms with Crippen LogP contribution in [0.2, 0.25) is 0 Å². The summed E-state index contributed by atoms with van der Waals surface area (Å²) >= 11 is 0. The number of hydrogen-bond donors (Lipinski definition) is 1. The molecule has 19 heavy (non-hydrogen) atoms. The standard InChI is InChI=1S/C15H20N2O2/c1-9-7-11-5-6-12(14(18)16-3)8-13(11)17(4)15(19)10(9)2/h5-6,8-10H,7H2,1-4H3,(H,16,18)/t9-,10?/m1/s1. The van der Waals surface area contributed by atoms with Gasteiger partial charge in [0.1, 0.15) is 0 Å². The van der Waals surface area contributed by atoms with E-state index in [1.165, 1.54) is 0 Å². The van der Waals surface area contributed by atoms with Crippen molar-refractivity contribution in [3.05, 3.63) is 29.3 Å². The number of benzene rings is 1. The van der Waals surface area contributed by atoms with Gasteiger partial charge in [-0.2, -0.15) is 0 Å². The number of fused-ring (bicyclic) bond motifs is 1. The Balaban J connectivity index is 2.49. The second-order valence-electron chi connectivity index (χ2n) is 5.29. The molecule has 0 saturated heterocycles. The molecule has 0 aromatic heterocycles. The number of hydrogen-bond acceptors (Lipinski definition) is 2. The monoisotopic (exact) mass is 260 g/mol. The molecule has 0 fully saturated rings. The minimum Gasteiger partial charge on any atom is -0.355 e. The molecule has 1 heterocycles. The van der Waals surface area contributed by atoms with Crippen LogP contribution in [0.3, 0.4) is 0 Å². The average Bonchev–Trinajstić information content (AvgIpc) is 2.50. The zero-order chi connectivity index (χ0) is 14.2. The van der Waals surface area contributed by atoms with Crippen LogP contribution in [0, 0.1) is 11.8 Å². The minimum absolute atomic E-state index is 0.000789. The van der Waals surface area contributed by atoms with Crippen LogP contribution in [0.25, 0.3) is 0 Å². The normalized spacial score (nSPS) is 22.7. The lowest BCUT2D eigenvalue weighted by atomic mass is 9.90. The van der Waals surface area contributed by atoms with Crippen LogP contribution in [0.4, 0.5) is 5.69 Å². The molecular weight excluding hydrogens is 240 g/mol. The van der Waals surface area contributed by atoms with E-state index in [2.05, 4.69) is 12.2 Å². The second kappa shape index (κ2) is 5.03. The molecule has 0 bridgehead atoms. The number of rotatable bonds is 1. The van der Waals surface area contributed by atoms with E-state index < -0.39 is 0 Å². The molecule has 1 aliphatic heterocycles. The van der Waals surface area contributed by atoms with E-state index in [9.17, 15) is 9.59 Å². The summed E-state index contributed by atoms with van der Waals surface area (Å²) in [5, 5.41) is 2.60. The Morgan fingerprint density at radius 1 is 1.37 bits per heavy atom. The minimum atomic E-state index is -0.131. The van der Waals surface area contributed by atoms with Gasteiger partial charge >= 0.3 is 0 Å². The van der Waals surface area contributed by atoms with Gasteiger partial charge in [0.2, 0.25) is 5.91 Å². The number of nitrogens with zero attached hydrogens (tertiary/aromatic N) is 1. The Hall–Kier alpha value is -1.84. The van der Waals surface area contributed by atoms with Crippen molar-refractivity contribution in [2.24, 2.45) is 11.8 Å². The highest BCUT2D eigenvalue weighted by atomic mass is 16.2. The van der Waals surface area contributed by atoms with Crippen LogP contribution < -0.4 is 10.2 Å². The van der Waals surface area contributed by atoms with E-state index >= 15 is 0 Å². The van der Waals surface area contributed by atoms with Gasteiger partial charge < -0.3 is 10.2 Å². The molecule has 1 aliphatic rings. The molecule has 0 aliphatic carbocycles. The lowest BCUT2D eigenvalue weighted by Crippen LogP contribution is -2.32. The molecule has 2 amide bonds. The molecule has 0 radical (unpaired) electrons. The zero-order valence-corrected chi connectivity index (χ0v) is 11.9. The zero-order valence-electron chi connectivity index (χ0n) is 11.9. The van der Waals surface area contributed by atoms with Crippen molar-refractivity contribution >= 4 is 17.5 Å². The van der Waals surface area contributed by atoms with Gasteiger partial charge in [0.15, 0.2) is 0 Å². The fraction of sp³-hybridized carbons (Fsp3) is 0.467. The van der Waals surface area contributed by atoms with Crippen LogP contribution in [-0.2, 0) is 11.2 Å². The van der Waals surface area contributed by atoms with Crippen LogP contribution in [0.15, 0.2) is 18.2 Å². The van der Waals surface area contributed by atoms with E-state index in [1.807, 2.05) is 19.1 Å². The summed E-state index contributed by atoms with van der Waals surface area (Å²) in [4.78, 5) is 25.7. The van der Waals surface area contributed by atoms with Crippen molar-refractivity contribution < 1.29 is 9.59 Å². The van der Waals surface area contributed by atoms with Gasteiger partial charge in [-0.3, -0.25) is 9.59 Å². The summed E-state index contributed by atoms with van der Waals surface area (Å²) in [7, 11) is 3.39. The van der Waals surface area contributed by atoms with Gasteiger partial charge in [0.25, 0.3) is 5.91 Å². The van der Waals surface area contributed by atoms with Crippen molar-refractivity contribution in [2.45, 2.75) is 20.3 Å². The fourth-order valence-electron chi connectivity index (χ4n) is 2.53. The first kappa shape index (κ1) is 13.6. The first-order valence-corrected chi connectivity index (χ1v) is 6.58. The van der Waals surface area contributed by atoms with Crippen molar-refractivity contribution in [3.63, 3.8) is 0 Å². The molecule has 1 aromatic rings. The summed E-state index contributed by atoms with van der Waals surface area (Å²) in [6, 6.07) is 5.58. The van der Waals surface area contributed by atoms with E-state index in [0.29, 0.717) is 11.5 Å². The molecule has 1 unspecified atom stereocenters. The summed E-state index contributed by atoms with van der Waals surface area (Å²) in [6.45, 7) is 4.06. The van der Waals surface area contributed by atoms with Gasteiger partial charge in [0, 0.05) is 31.3 Å². The Morgan fingerprint density at radius 3 is 2.68 bits per heavy atom. The van der Waals surface area contributed by atoms with E-state index in [-0.39, 0.29) is 17.7 Å². The number of amides is 2. The highest BCUT2D eigenvalue weighted by molar-refractivity contribution is 5.99. The van der Waals surface area contributed by atoms with Gasteiger partial charge in [0.05, 0.1) is 0 Å². The van der Waals surface area contributed by atoms with Crippen LogP contribution >= 0.6 is 0 Å². The highest BCUT2D eigenvalue weighted by Gasteiger charge is 2.30. The van der Waals surface area contributed by atoms with Crippen molar-refractivity contribution in [3.8, 4) is 0 Å². The quantitative estimate of drug-likeness (QED) is 0.837. The average molecular weight is 260 g/mol. The van der Waals surface area contributed by atoms with E-state index in [0.717, 1.165) is 17.7 Å². The first-order valence-electron chi connectivity index (χ1n) is 6.58. The molecule has 2 rings (SSSR count). The van der Waals surface area contributed by atoms with Gasteiger partial charge in [-0.1, -0.05) is 19.9 Å². The predicted octanol–water partition coefficient (Wildman–Crippen LogP) is 1.84. The molecule has 0 spiro atoms. The number of anilines is 1. The lowest BCUT2D eigenvalue weighted by molar-refractivity contribution is -0.122. The summed E-state index contributed by atoms with van der Waals surface area (Å²) in [5.74, 6) is 0.289. The smallest absolute Gasteiger partial charge is 0.251 e. The second-order valence-corrected chi connectivity index (χ2v) is 5.29. The van der Waals surface area contributed by atoms with E-state index in [4.69, 9.17) is 0 Å². The highest BCUT2D eigenvalue weighted by Crippen LogP contribution is 2.32. The van der Waals surface area contributed by atoms with Crippen LogP contribution in [0.1, 0.15) is 29.8 Å². The maximum atomic E-state index is 12.3. The summed E-state index contributed by atoms with van der Waals surface area (Å²) < 4.78 is 0. The first-order chi connectivity index (χ1) is 8.95. The predicted molar refractivity (Wildman–Crippen MR) is 75.3 cm³/mol. The van der Waals surface area contributed by atoms with Crippen molar-refractivity contribution in [1.29, 1.82) is 0 Å². The summed E-state index contributed by atoms with van der Waals surface area (Å²) in [5.41, 5.74) is 2.56. The molecule has 4 nitrogen and oxygen atoms in total. The Labute approximate surface area is 113 Å². The Kier molecular flexibility index (Phi) is 3.60. The number of carbonyl (C=O) groups is 2. The maximum absolute atomic E-state index is 12.3. The SMILES string of the molecule is CNC(=O)c1ccc2c(c1)N(C)C(=O)C(C)[C@H](C)C2. The summed E-state index contributed by atoms with van der Waals surface area (Å²) in [6.07, 6.45) is 0.862. The maximum Gasteiger partial charge on any atom is 0.251 e. The van der Waals surface area contributed by atoms with Crippen molar-refractivity contribution in [1.82, 2.24) is 5.32 Å². The topological polar surface area (TPSA) is 49.4 Å². The van der Waals surface area contributed by atoms with Gasteiger partial charge in [-0.25, -0.2) is 0 Å². The molecule has 102 valence electrons. The van der Waals surface area contributed by atoms with Crippen molar-refractivity contribution in [2.75, 3.05) is 19.0 Å². The molecule has 0 saturated carbocycles. The van der Waals surface area contributed by atoms with E-state index in [1.54, 1.807) is 25.1 Å². The third-order valence-corrected chi connectivity index (χ3v) is 4.05. The molecule has 4 heteroatoms. The largest absolute Gasteiger partial charge is 0.355 e. The molecular formula is C15H20N2O2. The molecule has 2 atom stereocenters. The Bertz CT molecular complexity index is 525. The third kappa shape index (κ3) is 2.35. The number of carbonyl (C=O) groups excluding carboxylic acids is 2. The van der Waals surface area contributed by atoms with Crippen LogP contribution in [0.5, 0.6) is 0 Å². The van der Waals surface area contributed by atoms with Crippen LogP contribution in [-0.4, -0.2) is 25.9 Å². The van der Waals surface area contributed by atoms with Gasteiger partial charge in [-0.05, 0) is 30.0 Å². The van der Waals surface area contributed by atoms with Gasteiger partial charge in [-0.15, -0.1) is 0 Å².